The maximum atomic E-state index is 13.2. The summed E-state index contributed by atoms with van der Waals surface area (Å²) in [5.74, 6) is -0.699. The smallest absolute Gasteiger partial charge is 0.257 e. The second-order valence-corrected chi connectivity index (χ2v) is 5.29. The monoisotopic (exact) mass is 298 g/mol. The van der Waals surface area contributed by atoms with Crippen molar-refractivity contribution in [3.8, 4) is 10.6 Å². The van der Waals surface area contributed by atoms with E-state index in [4.69, 9.17) is 0 Å². The molecule has 0 radical (unpaired) electrons. The average molecular weight is 298 g/mol. The number of aromatic nitrogens is 1. The van der Waals surface area contributed by atoms with E-state index in [1.54, 1.807) is 30.5 Å². The maximum absolute atomic E-state index is 13.2. The minimum atomic E-state index is -0.391. The molecule has 1 aromatic carbocycles. The van der Waals surface area contributed by atoms with Gasteiger partial charge in [-0.1, -0.05) is 12.1 Å². The van der Waals surface area contributed by atoms with Gasteiger partial charge in [-0.3, -0.25) is 9.78 Å². The Kier molecular flexibility index (Phi) is 3.75. The van der Waals surface area contributed by atoms with Crippen LogP contribution in [0.25, 0.3) is 10.6 Å². The summed E-state index contributed by atoms with van der Waals surface area (Å²) in [7, 11) is 0. The molecule has 104 valence electrons. The van der Waals surface area contributed by atoms with Gasteiger partial charge in [0.25, 0.3) is 5.91 Å². The summed E-state index contributed by atoms with van der Waals surface area (Å²) >= 11 is 1.51. The molecule has 0 unspecified atom stereocenters. The van der Waals surface area contributed by atoms with Crippen molar-refractivity contribution in [2.24, 2.45) is 0 Å². The molecule has 0 bridgehead atoms. The van der Waals surface area contributed by atoms with Crippen LogP contribution in [0.1, 0.15) is 10.4 Å². The molecule has 2 aromatic heterocycles. The zero-order chi connectivity index (χ0) is 14.7. The minimum Gasteiger partial charge on any atom is -0.322 e. The minimum absolute atomic E-state index is 0.308. The molecule has 5 heteroatoms. The van der Waals surface area contributed by atoms with Crippen LogP contribution < -0.4 is 5.32 Å². The first-order valence-corrected chi connectivity index (χ1v) is 7.18. The topological polar surface area (TPSA) is 42.0 Å². The van der Waals surface area contributed by atoms with Gasteiger partial charge in [0.1, 0.15) is 5.82 Å². The van der Waals surface area contributed by atoms with Gasteiger partial charge >= 0.3 is 0 Å². The Labute approximate surface area is 125 Å². The number of benzene rings is 1. The second-order valence-electron chi connectivity index (χ2n) is 4.34. The molecule has 0 saturated carbocycles. The summed E-state index contributed by atoms with van der Waals surface area (Å²) in [6, 6.07) is 13.0. The summed E-state index contributed by atoms with van der Waals surface area (Å²) in [5.41, 5.74) is 1.51. The van der Waals surface area contributed by atoms with E-state index in [0.29, 0.717) is 16.9 Å². The van der Waals surface area contributed by atoms with Crippen LogP contribution in [0.3, 0.4) is 0 Å². The molecule has 21 heavy (non-hydrogen) atoms. The molecule has 0 aliphatic carbocycles. The van der Waals surface area contributed by atoms with E-state index in [1.807, 2.05) is 17.5 Å². The normalized spacial score (nSPS) is 10.3. The Morgan fingerprint density at radius 3 is 2.81 bits per heavy atom. The third-order valence-corrected chi connectivity index (χ3v) is 3.77. The fraction of sp³-hybridized carbons (Fsp3) is 0. The first-order valence-electron chi connectivity index (χ1n) is 6.30. The second kappa shape index (κ2) is 5.85. The van der Waals surface area contributed by atoms with Crippen LogP contribution in [0.2, 0.25) is 0 Å². The lowest BCUT2D eigenvalue weighted by Crippen LogP contribution is -2.13. The molecule has 3 aromatic rings. The Hall–Kier alpha value is -2.53. The number of pyridine rings is 1. The number of anilines is 1. The van der Waals surface area contributed by atoms with Gasteiger partial charge < -0.3 is 5.32 Å². The van der Waals surface area contributed by atoms with E-state index in [0.717, 1.165) is 4.88 Å². The lowest BCUT2D eigenvalue weighted by atomic mass is 10.1. The Balaban J connectivity index is 1.92. The van der Waals surface area contributed by atoms with Crippen LogP contribution in [-0.2, 0) is 0 Å². The molecule has 2 heterocycles. The molecule has 1 N–H and O–H groups in total. The molecule has 3 nitrogen and oxygen atoms in total. The molecule has 0 fully saturated rings. The van der Waals surface area contributed by atoms with Crippen molar-refractivity contribution in [3.05, 3.63) is 71.5 Å². The quantitative estimate of drug-likeness (QED) is 0.787. The van der Waals surface area contributed by atoms with Gasteiger partial charge in [0.15, 0.2) is 0 Å². The number of hydrogen-bond acceptors (Lipinski definition) is 3. The van der Waals surface area contributed by atoms with E-state index < -0.39 is 5.82 Å². The molecule has 0 atom stereocenters. The molecular weight excluding hydrogens is 287 g/mol. The van der Waals surface area contributed by atoms with Crippen LogP contribution in [0, 0.1) is 5.82 Å². The van der Waals surface area contributed by atoms with Crippen LogP contribution in [0.5, 0.6) is 0 Å². The highest BCUT2D eigenvalue weighted by Gasteiger charge is 2.14. The lowest BCUT2D eigenvalue weighted by molar-refractivity contribution is 0.102. The van der Waals surface area contributed by atoms with E-state index >= 15 is 0 Å². The maximum Gasteiger partial charge on any atom is 0.257 e. The van der Waals surface area contributed by atoms with Crippen molar-refractivity contribution < 1.29 is 9.18 Å². The number of carbonyl (C=O) groups is 1. The van der Waals surface area contributed by atoms with Gasteiger partial charge in [-0.05, 0) is 41.8 Å². The highest BCUT2D eigenvalue weighted by atomic mass is 32.1. The highest BCUT2D eigenvalue weighted by Crippen LogP contribution is 2.26. The lowest BCUT2D eigenvalue weighted by Gasteiger charge is -2.08. The fourth-order valence-electron chi connectivity index (χ4n) is 1.96. The van der Waals surface area contributed by atoms with Gasteiger partial charge in [0, 0.05) is 11.9 Å². The summed E-state index contributed by atoms with van der Waals surface area (Å²) in [6.07, 6.45) is 1.65. The summed E-state index contributed by atoms with van der Waals surface area (Å²) < 4.78 is 13.2. The van der Waals surface area contributed by atoms with E-state index in [1.165, 1.54) is 23.5 Å². The van der Waals surface area contributed by atoms with Gasteiger partial charge in [0.05, 0.1) is 16.1 Å². The van der Waals surface area contributed by atoms with Crippen LogP contribution >= 0.6 is 11.3 Å². The van der Waals surface area contributed by atoms with Crippen molar-refractivity contribution in [1.82, 2.24) is 4.98 Å². The van der Waals surface area contributed by atoms with E-state index in [9.17, 15) is 9.18 Å². The average Bonchev–Trinajstić information content (AvgIpc) is 3.01. The summed E-state index contributed by atoms with van der Waals surface area (Å²) in [4.78, 5) is 17.6. The summed E-state index contributed by atoms with van der Waals surface area (Å²) in [5, 5.41) is 4.62. The predicted molar refractivity (Wildman–Crippen MR) is 81.9 cm³/mol. The van der Waals surface area contributed by atoms with Gasteiger partial charge in [-0.25, -0.2) is 4.39 Å². The Bertz CT molecular complexity index is 771. The number of hydrogen-bond donors (Lipinski definition) is 1. The predicted octanol–water partition coefficient (Wildman–Crippen LogP) is 4.20. The molecule has 3 rings (SSSR count). The van der Waals surface area contributed by atoms with Crippen molar-refractivity contribution in [3.63, 3.8) is 0 Å². The standard InChI is InChI=1S/C16H11FN2OS/c17-11-4-1-5-12(10-11)19-16(20)13-6-2-8-18-15(13)14-7-3-9-21-14/h1-10H,(H,19,20). The summed E-state index contributed by atoms with van der Waals surface area (Å²) in [6.45, 7) is 0. The molecule has 0 spiro atoms. The van der Waals surface area contributed by atoms with Crippen molar-refractivity contribution in [2.75, 3.05) is 5.32 Å². The SMILES string of the molecule is O=C(Nc1cccc(F)c1)c1cccnc1-c1cccs1. The van der Waals surface area contributed by atoms with E-state index in [2.05, 4.69) is 10.3 Å². The van der Waals surface area contributed by atoms with Gasteiger partial charge in [-0.2, -0.15) is 0 Å². The van der Waals surface area contributed by atoms with Crippen molar-refractivity contribution in [1.29, 1.82) is 0 Å². The fourth-order valence-corrected chi connectivity index (χ4v) is 2.70. The zero-order valence-corrected chi connectivity index (χ0v) is 11.7. The zero-order valence-electron chi connectivity index (χ0n) is 10.9. The van der Waals surface area contributed by atoms with Crippen LogP contribution in [0.15, 0.2) is 60.1 Å². The van der Waals surface area contributed by atoms with Crippen LogP contribution in [-0.4, -0.2) is 10.9 Å². The van der Waals surface area contributed by atoms with E-state index in [-0.39, 0.29) is 5.91 Å². The first-order chi connectivity index (χ1) is 10.2. The third-order valence-electron chi connectivity index (χ3n) is 2.89. The molecular formula is C16H11FN2OS. The number of thiophene rings is 1. The molecule has 1 amide bonds. The Morgan fingerprint density at radius 2 is 2.05 bits per heavy atom. The number of rotatable bonds is 3. The largest absolute Gasteiger partial charge is 0.322 e. The van der Waals surface area contributed by atoms with Crippen molar-refractivity contribution in [2.45, 2.75) is 0 Å². The van der Waals surface area contributed by atoms with Crippen LogP contribution in [0.4, 0.5) is 10.1 Å². The first kappa shape index (κ1) is 13.5. The van der Waals surface area contributed by atoms with Gasteiger partial charge in [0.2, 0.25) is 0 Å². The Morgan fingerprint density at radius 1 is 1.14 bits per heavy atom. The molecule has 0 saturated heterocycles. The number of carbonyl (C=O) groups excluding carboxylic acids is 1. The number of halogens is 1. The van der Waals surface area contributed by atoms with Crippen molar-refractivity contribution >= 4 is 22.9 Å². The molecule has 0 aliphatic rings. The number of amides is 1. The third kappa shape index (κ3) is 2.98. The number of nitrogens with one attached hydrogen (secondary N) is 1. The highest BCUT2D eigenvalue weighted by molar-refractivity contribution is 7.13. The number of nitrogens with zero attached hydrogens (tertiary/aromatic N) is 1. The van der Waals surface area contributed by atoms with Gasteiger partial charge in [-0.15, -0.1) is 11.3 Å². The molecule has 0 aliphatic heterocycles.